The Hall–Kier alpha value is -5.97. The zero-order chi connectivity index (χ0) is 33.5. The van der Waals surface area contributed by atoms with E-state index in [4.69, 9.17) is 37.3 Å². The minimum Gasteiger partial charge on any atom is -0.356 e. The zero-order valence-electron chi connectivity index (χ0n) is 25.5. The number of hydrogen-bond acceptors (Lipinski definition) is 7. The van der Waals surface area contributed by atoms with E-state index in [-0.39, 0.29) is 18.6 Å². The van der Waals surface area contributed by atoms with Gasteiger partial charge in [-0.3, -0.25) is 4.79 Å². The van der Waals surface area contributed by atoms with Gasteiger partial charge in [-0.15, -0.1) is 5.10 Å². The van der Waals surface area contributed by atoms with Gasteiger partial charge in [0.2, 0.25) is 0 Å². The highest BCUT2D eigenvalue weighted by molar-refractivity contribution is 6.31. The van der Waals surface area contributed by atoms with Gasteiger partial charge >= 0.3 is 5.69 Å². The Bertz CT molecular complexity index is 2520. The molecule has 240 valence electrons. The summed E-state index contributed by atoms with van der Waals surface area (Å²) in [4.78, 5) is 29.0. The van der Waals surface area contributed by atoms with Crippen LogP contribution in [0.4, 0.5) is 0 Å². The topological polar surface area (TPSA) is 113 Å². The highest BCUT2D eigenvalue weighted by atomic mass is 35.5. The molecule has 0 aliphatic heterocycles. The second kappa shape index (κ2) is 12.6. The van der Waals surface area contributed by atoms with Crippen LogP contribution in [0.15, 0.2) is 140 Å². The van der Waals surface area contributed by atoms with Crippen molar-refractivity contribution in [1.82, 2.24) is 29.3 Å². The van der Waals surface area contributed by atoms with E-state index >= 15 is 0 Å². The molecule has 0 saturated carbocycles. The molecule has 0 amide bonds. The van der Waals surface area contributed by atoms with E-state index in [0.29, 0.717) is 49.5 Å². The Kier molecular flexibility index (Phi) is 7.79. The van der Waals surface area contributed by atoms with Crippen LogP contribution in [0.1, 0.15) is 11.1 Å². The zero-order valence-corrected chi connectivity index (χ0v) is 27.0. The summed E-state index contributed by atoms with van der Waals surface area (Å²) in [5, 5.41) is 13.5. The first kappa shape index (κ1) is 30.4. The van der Waals surface area contributed by atoms with Gasteiger partial charge in [0.25, 0.3) is 5.56 Å². The van der Waals surface area contributed by atoms with Crippen LogP contribution in [0.2, 0.25) is 10.0 Å². The molecule has 0 N–H and O–H groups in total. The van der Waals surface area contributed by atoms with Gasteiger partial charge in [-0.25, -0.2) is 14.2 Å². The minimum atomic E-state index is -0.470. The Labute approximate surface area is 287 Å². The highest BCUT2D eigenvalue weighted by Gasteiger charge is 2.25. The van der Waals surface area contributed by atoms with Crippen molar-refractivity contribution < 1.29 is 9.05 Å². The normalized spacial score (nSPS) is 11.4. The molecule has 12 heteroatoms. The van der Waals surface area contributed by atoms with Gasteiger partial charge in [-0.05, 0) is 46.5 Å². The lowest BCUT2D eigenvalue weighted by Gasteiger charge is -2.16. The van der Waals surface area contributed by atoms with Gasteiger partial charge in [0.15, 0.2) is 17.2 Å². The number of benzene rings is 4. The summed E-state index contributed by atoms with van der Waals surface area (Å²) in [7, 11) is 0. The quantitative estimate of drug-likeness (QED) is 0.161. The van der Waals surface area contributed by atoms with Crippen molar-refractivity contribution in [1.29, 1.82) is 0 Å². The fraction of sp³-hybridized carbons (Fsp3) is 0.0541. The molecule has 0 bridgehead atoms. The van der Waals surface area contributed by atoms with Crippen LogP contribution in [0, 0.1) is 0 Å². The van der Waals surface area contributed by atoms with E-state index in [9.17, 15) is 9.59 Å². The molecule has 4 aromatic heterocycles. The maximum Gasteiger partial charge on any atom is 0.366 e. The molecule has 0 saturated heterocycles. The molecule has 0 aliphatic carbocycles. The summed E-state index contributed by atoms with van der Waals surface area (Å²) in [6.07, 6.45) is 3.16. The van der Waals surface area contributed by atoms with E-state index in [2.05, 4.69) is 10.3 Å². The average Bonchev–Trinajstić information content (AvgIpc) is 3.91. The van der Waals surface area contributed by atoms with Crippen LogP contribution in [-0.4, -0.2) is 29.3 Å². The Morgan fingerprint density at radius 2 is 1.02 bits per heavy atom. The van der Waals surface area contributed by atoms with Gasteiger partial charge < -0.3 is 9.05 Å². The van der Waals surface area contributed by atoms with Gasteiger partial charge in [-0.2, -0.15) is 4.52 Å². The van der Waals surface area contributed by atoms with Crippen molar-refractivity contribution in [3.05, 3.63) is 164 Å². The van der Waals surface area contributed by atoms with E-state index in [1.165, 1.54) is 13.9 Å². The molecular weight excluding hydrogens is 663 g/mol. The van der Waals surface area contributed by atoms with Crippen LogP contribution in [0.5, 0.6) is 0 Å². The lowest BCUT2D eigenvalue weighted by molar-refractivity contribution is 0.432. The third-order valence-electron chi connectivity index (χ3n) is 8.26. The molecule has 8 rings (SSSR count). The average molecular weight is 688 g/mol. The smallest absolute Gasteiger partial charge is 0.356 e. The summed E-state index contributed by atoms with van der Waals surface area (Å²) in [5.74, 6) is 1.26. The molecule has 4 heterocycles. The van der Waals surface area contributed by atoms with Crippen molar-refractivity contribution >= 4 is 28.8 Å². The van der Waals surface area contributed by atoms with Gasteiger partial charge in [0.05, 0.1) is 31.0 Å². The summed E-state index contributed by atoms with van der Waals surface area (Å²) < 4.78 is 14.7. The molecule has 0 aliphatic rings. The molecule has 49 heavy (non-hydrogen) atoms. The Balaban J connectivity index is 1.33. The lowest BCUT2D eigenvalue weighted by atomic mass is 9.96. The number of hydrogen-bond donors (Lipinski definition) is 0. The van der Waals surface area contributed by atoms with Crippen molar-refractivity contribution in [3.8, 4) is 44.9 Å². The van der Waals surface area contributed by atoms with Crippen LogP contribution in [-0.2, 0) is 13.1 Å². The molecule has 0 unspecified atom stereocenters. The van der Waals surface area contributed by atoms with Gasteiger partial charge in [0, 0.05) is 38.9 Å². The van der Waals surface area contributed by atoms with Gasteiger partial charge in [-0.1, -0.05) is 106 Å². The molecule has 10 nitrogen and oxygen atoms in total. The first-order chi connectivity index (χ1) is 23.9. The third-order valence-corrected chi connectivity index (χ3v) is 8.77. The summed E-state index contributed by atoms with van der Waals surface area (Å²) in [6.45, 7) is 0.249. The number of nitrogens with zero attached hydrogens (tertiary/aromatic N) is 6. The number of aromatic nitrogens is 6. The predicted octanol–water partition coefficient (Wildman–Crippen LogP) is 7.71. The number of halogens is 2. The van der Waals surface area contributed by atoms with Crippen molar-refractivity contribution in [3.63, 3.8) is 0 Å². The molecule has 4 aromatic carbocycles. The number of fused-ring (bicyclic) bond motifs is 1. The van der Waals surface area contributed by atoms with Gasteiger partial charge in [0.1, 0.15) is 0 Å². The fourth-order valence-electron chi connectivity index (χ4n) is 5.86. The number of rotatable bonds is 8. The SMILES string of the molecule is O=c1c(-c2ccc(Cl)cc2)c(-c2ccc(Cl)cc2)c2nn(Cc3ccc(-c4ccno4)cc3)c(=O)n2n1Cc1ccc(-c2ccno2)cc1. The van der Waals surface area contributed by atoms with Crippen LogP contribution in [0.3, 0.4) is 0 Å². The van der Waals surface area contributed by atoms with E-state index < -0.39 is 5.69 Å². The second-order valence-corrected chi connectivity index (χ2v) is 12.2. The Morgan fingerprint density at radius 3 is 1.51 bits per heavy atom. The first-order valence-corrected chi connectivity index (χ1v) is 16.0. The maximum absolute atomic E-state index is 14.7. The maximum atomic E-state index is 14.7. The third kappa shape index (κ3) is 5.77. The molecule has 0 radical (unpaired) electrons. The molecule has 0 atom stereocenters. The van der Waals surface area contributed by atoms with Crippen molar-refractivity contribution in [2.75, 3.05) is 0 Å². The highest BCUT2D eigenvalue weighted by Crippen LogP contribution is 2.34. The predicted molar refractivity (Wildman–Crippen MR) is 187 cm³/mol. The van der Waals surface area contributed by atoms with Crippen LogP contribution < -0.4 is 11.2 Å². The van der Waals surface area contributed by atoms with Crippen LogP contribution in [0.25, 0.3) is 50.5 Å². The van der Waals surface area contributed by atoms with E-state index in [0.717, 1.165) is 22.3 Å². The van der Waals surface area contributed by atoms with E-state index in [1.807, 2.05) is 60.7 Å². The standard InChI is InChI=1S/C37H24Cl2N6O4/c38-29-13-9-27(10-14-29)33-34(28-11-15-30(39)16-12-28)36(46)44(22-24-3-7-26(8-4-24)32-18-20-41-49-32)45-35(33)42-43(37(45)47)21-23-1-5-25(6-2-23)31-17-19-40-48-31/h1-20H,21-22H2. The summed E-state index contributed by atoms with van der Waals surface area (Å²) >= 11 is 12.5. The molecule has 8 aromatic rings. The first-order valence-electron chi connectivity index (χ1n) is 15.2. The summed E-state index contributed by atoms with van der Waals surface area (Å²) in [6, 6.07) is 32.8. The largest absolute Gasteiger partial charge is 0.366 e. The summed E-state index contributed by atoms with van der Waals surface area (Å²) in [5.41, 5.74) is 4.94. The van der Waals surface area contributed by atoms with E-state index in [1.54, 1.807) is 60.9 Å². The lowest BCUT2D eigenvalue weighted by Crippen LogP contribution is -2.35. The molecule has 0 fully saturated rings. The Morgan fingerprint density at radius 1 is 0.551 bits per heavy atom. The molecule has 0 spiro atoms. The fourth-order valence-corrected chi connectivity index (χ4v) is 6.11. The minimum absolute atomic E-state index is 0.0883. The van der Waals surface area contributed by atoms with Crippen molar-refractivity contribution in [2.24, 2.45) is 0 Å². The van der Waals surface area contributed by atoms with Crippen molar-refractivity contribution in [2.45, 2.75) is 13.1 Å². The molecular formula is C37H24Cl2N6O4. The van der Waals surface area contributed by atoms with Crippen LogP contribution >= 0.6 is 23.2 Å². The second-order valence-electron chi connectivity index (χ2n) is 11.3. The monoisotopic (exact) mass is 686 g/mol.